The summed E-state index contributed by atoms with van der Waals surface area (Å²) in [5, 5.41) is 5.31. The number of hydrogen-bond donors (Lipinski definition) is 3. The van der Waals surface area contributed by atoms with Crippen LogP contribution in [0.4, 0.5) is 4.79 Å². The fourth-order valence-corrected chi connectivity index (χ4v) is 3.58. The average Bonchev–Trinajstić information content (AvgIpc) is 3.06. The summed E-state index contributed by atoms with van der Waals surface area (Å²) in [4.78, 5) is 52.2. The van der Waals surface area contributed by atoms with Crippen molar-refractivity contribution in [1.82, 2.24) is 20.3 Å². The summed E-state index contributed by atoms with van der Waals surface area (Å²) < 4.78 is 3.13. The highest BCUT2D eigenvalue weighted by Crippen LogP contribution is 2.25. The number of nitrogens with zero attached hydrogens (tertiary/aromatic N) is 1. The molecule has 0 spiro atoms. The van der Waals surface area contributed by atoms with Gasteiger partial charge in [0.1, 0.15) is 0 Å². The number of imide groups is 1. The maximum absolute atomic E-state index is 12.6. The van der Waals surface area contributed by atoms with Gasteiger partial charge in [-0.3, -0.25) is 19.6 Å². The van der Waals surface area contributed by atoms with Crippen molar-refractivity contribution >= 4 is 29.8 Å². The number of carbonyl (C=O) groups excluding carboxylic acids is 3. The number of urea groups is 1. The van der Waals surface area contributed by atoms with Gasteiger partial charge >= 0.3 is 6.03 Å². The van der Waals surface area contributed by atoms with E-state index in [1.807, 2.05) is 32.0 Å². The first-order valence-corrected chi connectivity index (χ1v) is 8.85. The van der Waals surface area contributed by atoms with Gasteiger partial charge in [-0.05, 0) is 11.6 Å². The van der Waals surface area contributed by atoms with Crippen molar-refractivity contribution in [3.05, 3.63) is 45.3 Å². The summed E-state index contributed by atoms with van der Waals surface area (Å²) in [6.45, 7) is 4.87. The molecule has 26 heavy (non-hydrogen) atoms. The number of hydrogen-bond acceptors (Lipinski definition) is 7. The molecule has 0 saturated carbocycles. The molecule has 1 fully saturated rings. The fourth-order valence-electron chi connectivity index (χ4n) is 2.92. The monoisotopic (exact) mass is 380 g/mol. The molecule has 140 valence electrons. The Bertz CT molecular complexity index is 714. The predicted molar refractivity (Wildman–Crippen MR) is 98.1 cm³/mol. The summed E-state index contributed by atoms with van der Waals surface area (Å²) in [5.74, 6) is -0.524. The summed E-state index contributed by atoms with van der Waals surface area (Å²) >= 11 is 1.48. The maximum atomic E-state index is 12.6. The third-order valence-corrected chi connectivity index (χ3v) is 4.85. The molecule has 1 unspecified atom stereocenters. The van der Waals surface area contributed by atoms with Crippen LogP contribution in [0.1, 0.15) is 29.8 Å². The fraction of sp³-hybridized carbons (Fsp3) is 0.438. The Balaban J connectivity index is 0.00000117. The maximum Gasteiger partial charge on any atom is 0.322 e. The minimum Gasteiger partial charge on any atom is -0.331 e. The number of carbonyl (C=O) groups is 3. The van der Waals surface area contributed by atoms with E-state index in [1.165, 1.54) is 11.9 Å². The van der Waals surface area contributed by atoms with Gasteiger partial charge in [-0.15, -0.1) is 0 Å². The Morgan fingerprint density at radius 1 is 1.23 bits per heavy atom. The van der Waals surface area contributed by atoms with Crippen LogP contribution >= 0.6 is 11.9 Å². The largest absolute Gasteiger partial charge is 0.331 e. The molecule has 4 amide bonds. The van der Waals surface area contributed by atoms with Gasteiger partial charge in [0.2, 0.25) is 0 Å². The first kappa shape index (κ1) is 19.9. The van der Waals surface area contributed by atoms with E-state index in [9.17, 15) is 14.4 Å². The normalized spacial score (nSPS) is 21.2. The molecule has 3 rings (SSSR count). The van der Waals surface area contributed by atoms with Crippen LogP contribution in [0.25, 0.3) is 0 Å². The Hall–Kier alpha value is -2.46. The van der Waals surface area contributed by atoms with Crippen LogP contribution < -0.4 is 15.4 Å². The van der Waals surface area contributed by atoms with Gasteiger partial charge in [0.05, 0.1) is 6.54 Å². The van der Waals surface area contributed by atoms with Gasteiger partial charge in [0, 0.05) is 33.8 Å². The van der Waals surface area contributed by atoms with E-state index in [1.54, 1.807) is 11.0 Å². The molecule has 0 aromatic heterocycles. The van der Waals surface area contributed by atoms with Crippen molar-refractivity contribution in [1.29, 1.82) is 0 Å². The van der Waals surface area contributed by atoms with Gasteiger partial charge in [0.25, 0.3) is 11.8 Å². The topological polar surface area (TPSA) is 125 Å². The smallest absolute Gasteiger partial charge is 0.322 e. The molecule has 2 aliphatic rings. The molecular weight excluding hydrogens is 360 g/mol. The van der Waals surface area contributed by atoms with Crippen molar-refractivity contribution in [2.75, 3.05) is 13.1 Å². The first-order valence-electron chi connectivity index (χ1n) is 7.97. The zero-order chi connectivity index (χ0) is 19.3. The van der Waals surface area contributed by atoms with Gasteiger partial charge in [-0.1, -0.05) is 44.0 Å². The molecule has 1 atom stereocenters. The molecule has 1 saturated heterocycles. The van der Waals surface area contributed by atoms with Crippen LogP contribution in [0.2, 0.25) is 0 Å². The molecule has 0 aliphatic carbocycles. The molecular formula is C16H20N4O5S. The van der Waals surface area contributed by atoms with Crippen LogP contribution in [-0.2, 0) is 11.3 Å². The zero-order valence-corrected chi connectivity index (χ0v) is 15.2. The molecule has 1 aromatic carbocycles. The summed E-state index contributed by atoms with van der Waals surface area (Å²) in [5.41, 5.74) is 0.435. The second kappa shape index (κ2) is 8.28. The Kier molecular flexibility index (Phi) is 6.32. The Labute approximate surface area is 154 Å². The Morgan fingerprint density at radius 3 is 2.50 bits per heavy atom. The third kappa shape index (κ3) is 4.02. The summed E-state index contributed by atoms with van der Waals surface area (Å²) in [7, 11) is 0. The quantitative estimate of drug-likeness (QED) is 0.495. The number of benzene rings is 1. The lowest BCUT2D eigenvalue weighted by Crippen LogP contribution is -2.60. The molecule has 3 N–H and O–H groups in total. The molecule has 9 nitrogen and oxygen atoms in total. The summed E-state index contributed by atoms with van der Waals surface area (Å²) in [6, 6.07) is 6.86. The van der Waals surface area contributed by atoms with E-state index in [4.69, 9.17) is 9.93 Å². The van der Waals surface area contributed by atoms with Crippen LogP contribution in [0.5, 0.6) is 0 Å². The number of fused-ring (bicyclic) bond motifs is 1. The molecule has 2 aliphatic heterocycles. The van der Waals surface area contributed by atoms with Crippen molar-refractivity contribution in [2.45, 2.75) is 31.2 Å². The lowest BCUT2D eigenvalue weighted by Gasteiger charge is -2.31. The van der Waals surface area contributed by atoms with E-state index in [2.05, 4.69) is 15.4 Å². The van der Waals surface area contributed by atoms with Crippen molar-refractivity contribution in [2.24, 2.45) is 0 Å². The van der Waals surface area contributed by atoms with E-state index in [-0.39, 0.29) is 19.0 Å². The zero-order valence-electron chi connectivity index (χ0n) is 14.4. The van der Waals surface area contributed by atoms with Crippen LogP contribution in [0.3, 0.4) is 0 Å². The van der Waals surface area contributed by atoms with Crippen molar-refractivity contribution < 1.29 is 14.4 Å². The van der Waals surface area contributed by atoms with E-state index < -0.39 is 17.5 Å². The van der Waals surface area contributed by atoms with E-state index >= 15 is 0 Å². The van der Waals surface area contributed by atoms with Crippen LogP contribution in [-0.4, -0.2) is 46.6 Å². The number of amides is 4. The molecule has 0 radical (unpaired) electrons. The van der Waals surface area contributed by atoms with Gasteiger partial charge in [-0.2, -0.15) is 0 Å². The first-order chi connectivity index (χ1) is 12.4. The van der Waals surface area contributed by atoms with Gasteiger partial charge in [-0.25, -0.2) is 4.79 Å². The number of nitrogens with one attached hydrogen (secondary N) is 3. The third-order valence-electron chi connectivity index (χ3n) is 4.06. The van der Waals surface area contributed by atoms with E-state index in [0.717, 1.165) is 5.56 Å². The van der Waals surface area contributed by atoms with Gasteiger partial charge < -0.3 is 10.2 Å². The molecule has 2 heterocycles. The minimum absolute atomic E-state index is 0.115. The molecule has 1 aromatic rings. The molecule has 0 bridgehead atoms. The van der Waals surface area contributed by atoms with Gasteiger partial charge in [0.15, 0.2) is 5.54 Å². The second-order valence-electron chi connectivity index (χ2n) is 6.30. The SMILES string of the molecule is CC(C)SNCC1(CN2Cc3ccccc3C2=O)NC(=O)NC1=O.O=O. The molecule has 10 heteroatoms. The average molecular weight is 380 g/mol. The highest BCUT2D eigenvalue weighted by molar-refractivity contribution is 7.97. The minimum atomic E-state index is -1.16. The lowest BCUT2D eigenvalue weighted by molar-refractivity contribution is -0.124. The lowest BCUT2D eigenvalue weighted by atomic mass is 9.99. The highest BCUT2D eigenvalue weighted by atomic mass is 32.2. The van der Waals surface area contributed by atoms with Crippen molar-refractivity contribution in [3.8, 4) is 0 Å². The standard InChI is InChI=1S/C16H20N4O3S.O2/c1-10(2)24-17-8-16(14(22)18-15(23)19-16)9-20-7-11-5-3-4-6-12(11)13(20)21;1-2/h3-6,10,17H,7-9H2,1-2H3,(H2,18,19,22,23);. The van der Waals surface area contributed by atoms with E-state index in [0.29, 0.717) is 17.4 Å². The second-order valence-corrected chi connectivity index (χ2v) is 7.76. The van der Waals surface area contributed by atoms with Crippen LogP contribution in [0.15, 0.2) is 24.3 Å². The highest BCUT2D eigenvalue weighted by Gasteiger charge is 2.48. The van der Waals surface area contributed by atoms with Crippen molar-refractivity contribution in [3.63, 3.8) is 0 Å². The van der Waals surface area contributed by atoms with Crippen LogP contribution in [0, 0.1) is 9.93 Å². The number of rotatable bonds is 6. The Morgan fingerprint density at radius 2 is 1.92 bits per heavy atom. The predicted octanol–water partition coefficient (Wildman–Crippen LogP) is 0.934. The summed E-state index contributed by atoms with van der Waals surface area (Å²) in [6.07, 6.45) is 0.